The maximum Gasteiger partial charge on any atom is 0.485 e. The lowest BCUT2D eigenvalue weighted by Crippen LogP contribution is -2.39. The molecule has 0 N–H and O–H groups in total. The molecule has 8 heteroatoms. The molecule has 1 aliphatic rings. The molecule has 0 radical (unpaired) electrons. The van der Waals surface area contributed by atoms with E-state index in [-0.39, 0.29) is 0 Å². The lowest BCUT2D eigenvalue weighted by Gasteiger charge is -2.19. The lowest BCUT2D eigenvalue weighted by molar-refractivity contribution is -0.668. The monoisotopic (exact) mass is 449 g/mol. The first-order valence-electron chi connectivity index (χ1n) is 9.77. The van der Waals surface area contributed by atoms with Crippen LogP contribution >= 0.6 is 0 Å². The molecule has 0 amide bonds. The number of hydrogen-bond acceptors (Lipinski definition) is 3. The molecule has 0 fully saturated rings. The molecule has 31 heavy (non-hydrogen) atoms. The van der Waals surface area contributed by atoms with E-state index in [2.05, 4.69) is 78.3 Å². The Labute approximate surface area is 179 Å². The van der Waals surface area contributed by atoms with Crippen LogP contribution in [-0.2, 0) is 30.0 Å². The number of nitrogens with zero attached hydrogens (tertiary/aromatic N) is 1. The maximum atomic E-state index is 10.7. The number of aromatic nitrogens is 1. The van der Waals surface area contributed by atoms with E-state index in [0.29, 0.717) is 0 Å². The summed E-state index contributed by atoms with van der Waals surface area (Å²) in [6.45, 7) is 0. The molecule has 1 heterocycles. The van der Waals surface area contributed by atoms with Crippen molar-refractivity contribution < 1.29 is 30.7 Å². The van der Waals surface area contributed by atoms with E-state index in [9.17, 15) is 13.2 Å². The highest BCUT2D eigenvalue weighted by Gasteiger charge is 2.37. The van der Waals surface area contributed by atoms with Crippen LogP contribution in [0.3, 0.4) is 0 Å². The van der Waals surface area contributed by atoms with E-state index >= 15 is 0 Å². The van der Waals surface area contributed by atoms with Crippen molar-refractivity contribution in [2.24, 2.45) is 7.05 Å². The molecular formula is C23H22F3NO3S. The summed E-state index contributed by atoms with van der Waals surface area (Å²) in [6.07, 6.45) is 4.99. The Hall–Kier alpha value is -2.71. The minimum absolute atomic E-state index is 1.19. The average molecular weight is 449 g/mol. The SMILES string of the molecule is C[n+]1c(-c2ccccc2)cc(-c2ccccc2)c2c1CCCC2.O=S(=O)([O-])C(F)(F)F. The van der Waals surface area contributed by atoms with Crippen molar-refractivity contribution in [3.05, 3.63) is 78.0 Å². The van der Waals surface area contributed by atoms with Crippen LogP contribution in [0.2, 0.25) is 0 Å². The standard InChI is InChI=1S/C22H22N.CHF3O3S/c1-23-21-15-9-8-14-19(21)20(17-10-4-2-5-11-17)16-22(23)18-12-6-3-7-13-18;2-1(3,4)8(5,6)7/h2-7,10-13,16H,8-9,14-15H2,1H3;(H,5,6,7)/q+1;/p-1. The summed E-state index contributed by atoms with van der Waals surface area (Å²) >= 11 is 0. The zero-order valence-corrected chi connectivity index (χ0v) is 17.7. The van der Waals surface area contributed by atoms with Crippen LogP contribution in [0.15, 0.2) is 66.7 Å². The summed E-state index contributed by atoms with van der Waals surface area (Å²) in [6, 6.07) is 24.0. The average Bonchev–Trinajstić information content (AvgIpc) is 2.74. The van der Waals surface area contributed by atoms with E-state index in [4.69, 9.17) is 13.0 Å². The Balaban J connectivity index is 0.000000293. The number of hydrogen-bond donors (Lipinski definition) is 0. The van der Waals surface area contributed by atoms with E-state index in [1.165, 1.54) is 53.8 Å². The van der Waals surface area contributed by atoms with Gasteiger partial charge in [-0.2, -0.15) is 17.7 Å². The van der Waals surface area contributed by atoms with Crippen LogP contribution in [0, 0.1) is 0 Å². The number of halogens is 3. The van der Waals surface area contributed by atoms with Gasteiger partial charge in [-0.3, -0.25) is 0 Å². The molecule has 2 aromatic carbocycles. The van der Waals surface area contributed by atoms with Gasteiger partial charge in [0.25, 0.3) is 0 Å². The van der Waals surface area contributed by atoms with Gasteiger partial charge in [-0.05, 0) is 42.5 Å². The third-order valence-electron chi connectivity index (χ3n) is 5.25. The fourth-order valence-electron chi connectivity index (χ4n) is 3.78. The van der Waals surface area contributed by atoms with Gasteiger partial charge in [-0.25, -0.2) is 8.42 Å². The molecule has 0 unspecified atom stereocenters. The first-order chi connectivity index (χ1) is 14.6. The Bertz CT molecular complexity index is 1150. The van der Waals surface area contributed by atoms with Crippen molar-refractivity contribution in [2.75, 3.05) is 0 Å². The minimum Gasteiger partial charge on any atom is -0.741 e. The molecule has 0 saturated carbocycles. The second-order valence-electron chi connectivity index (χ2n) is 7.27. The summed E-state index contributed by atoms with van der Waals surface area (Å²) in [7, 11) is -3.87. The van der Waals surface area contributed by atoms with Gasteiger partial charge in [0.2, 0.25) is 5.69 Å². The van der Waals surface area contributed by atoms with Crippen LogP contribution in [-0.4, -0.2) is 18.5 Å². The van der Waals surface area contributed by atoms with Gasteiger partial charge < -0.3 is 4.55 Å². The topological polar surface area (TPSA) is 61.1 Å². The van der Waals surface area contributed by atoms with Crippen molar-refractivity contribution in [3.8, 4) is 22.4 Å². The third-order valence-corrected chi connectivity index (χ3v) is 5.82. The molecule has 4 rings (SSSR count). The predicted molar refractivity (Wildman–Crippen MR) is 111 cm³/mol. The first kappa shape index (κ1) is 23.0. The highest BCUT2D eigenvalue weighted by atomic mass is 32.2. The zero-order chi connectivity index (χ0) is 22.6. The van der Waals surface area contributed by atoms with E-state index in [1.54, 1.807) is 5.56 Å². The number of fused-ring (bicyclic) bond motifs is 1. The summed E-state index contributed by atoms with van der Waals surface area (Å²) in [5.74, 6) is 0. The largest absolute Gasteiger partial charge is 0.741 e. The van der Waals surface area contributed by atoms with Crippen molar-refractivity contribution >= 4 is 10.1 Å². The minimum atomic E-state index is -6.09. The Morgan fingerprint density at radius 1 is 0.871 bits per heavy atom. The van der Waals surface area contributed by atoms with Gasteiger partial charge in [0.15, 0.2) is 15.8 Å². The van der Waals surface area contributed by atoms with Crippen LogP contribution in [0.1, 0.15) is 24.1 Å². The van der Waals surface area contributed by atoms with E-state index in [1.807, 2.05) is 0 Å². The molecule has 0 spiro atoms. The highest BCUT2D eigenvalue weighted by molar-refractivity contribution is 7.86. The van der Waals surface area contributed by atoms with Crippen molar-refractivity contribution in [2.45, 2.75) is 31.2 Å². The molecule has 0 bridgehead atoms. The van der Waals surface area contributed by atoms with Gasteiger partial charge in [-0.15, -0.1) is 0 Å². The third kappa shape index (κ3) is 5.32. The van der Waals surface area contributed by atoms with Crippen molar-refractivity contribution in [1.29, 1.82) is 0 Å². The van der Waals surface area contributed by atoms with E-state index < -0.39 is 15.6 Å². The maximum absolute atomic E-state index is 10.7. The zero-order valence-electron chi connectivity index (χ0n) is 16.9. The molecular weight excluding hydrogens is 427 g/mol. The Kier molecular flexibility index (Phi) is 6.81. The van der Waals surface area contributed by atoms with Gasteiger partial charge in [0.05, 0.1) is 0 Å². The van der Waals surface area contributed by atoms with Crippen LogP contribution < -0.4 is 4.57 Å². The number of alkyl halides is 3. The van der Waals surface area contributed by atoms with Gasteiger partial charge in [-0.1, -0.05) is 48.5 Å². The van der Waals surface area contributed by atoms with Crippen molar-refractivity contribution in [1.82, 2.24) is 0 Å². The number of benzene rings is 2. The molecule has 4 nitrogen and oxygen atoms in total. The molecule has 1 aliphatic carbocycles. The van der Waals surface area contributed by atoms with Gasteiger partial charge in [0, 0.05) is 23.6 Å². The molecule has 0 atom stereocenters. The highest BCUT2D eigenvalue weighted by Crippen LogP contribution is 2.33. The molecule has 3 aromatic rings. The summed E-state index contributed by atoms with van der Waals surface area (Å²) in [5.41, 5.74) is 2.76. The summed E-state index contributed by atoms with van der Waals surface area (Å²) in [5, 5.41) is 0. The summed E-state index contributed by atoms with van der Waals surface area (Å²) < 4.78 is 61.3. The number of rotatable bonds is 2. The van der Waals surface area contributed by atoms with Gasteiger partial charge in [0.1, 0.15) is 7.05 Å². The van der Waals surface area contributed by atoms with Crippen LogP contribution in [0.4, 0.5) is 13.2 Å². The fraction of sp³-hybridized carbons (Fsp3) is 0.261. The van der Waals surface area contributed by atoms with Crippen molar-refractivity contribution in [3.63, 3.8) is 0 Å². The molecule has 164 valence electrons. The Morgan fingerprint density at radius 2 is 1.35 bits per heavy atom. The lowest BCUT2D eigenvalue weighted by atomic mass is 9.87. The van der Waals surface area contributed by atoms with Gasteiger partial charge >= 0.3 is 5.51 Å². The smallest absolute Gasteiger partial charge is 0.485 e. The first-order valence-corrected chi connectivity index (χ1v) is 11.2. The molecule has 0 aliphatic heterocycles. The van der Waals surface area contributed by atoms with Crippen LogP contribution in [0.5, 0.6) is 0 Å². The normalized spacial score (nSPS) is 13.7. The van der Waals surface area contributed by atoms with E-state index in [0.717, 1.165) is 0 Å². The predicted octanol–water partition coefficient (Wildman–Crippen LogP) is 4.78. The molecule has 1 aromatic heterocycles. The fourth-order valence-corrected chi connectivity index (χ4v) is 3.78. The van der Waals surface area contributed by atoms with Crippen LogP contribution in [0.25, 0.3) is 22.4 Å². The quantitative estimate of drug-likeness (QED) is 0.322. The summed E-state index contributed by atoms with van der Waals surface area (Å²) in [4.78, 5) is 0. The molecule has 0 saturated heterocycles. The number of pyridine rings is 1. The Morgan fingerprint density at radius 3 is 1.87 bits per heavy atom. The second kappa shape index (κ2) is 9.20. The second-order valence-corrected chi connectivity index (χ2v) is 8.64.